The Hall–Kier alpha value is -0.510. The van der Waals surface area contributed by atoms with Gasteiger partial charge < -0.3 is 5.11 Å². The van der Waals surface area contributed by atoms with Gasteiger partial charge in [0, 0.05) is 24.2 Å². The van der Waals surface area contributed by atoms with Crippen LogP contribution in [0.25, 0.3) is 0 Å². The summed E-state index contributed by atoms with van der Waals surface area (Å²) in [6.07, 6.45) is -0.601. The molecule has 1 N–H and O–H groups in total. The van der Waals surface area contributed by atoms with Crippen LogP contribution in [0.15, 0.2) is 0 Å². The average molecular weight is 292 g/mol. The molecule has 0 radical (unpaired) electrons. The summed E-state index contributed by atoms with van der Waals surface area (Å²) in [4.78, 5) is 12.1. The number of halogens is 2. The number of carbonyl (C=O) groups is 1. The maximum atomic E-state index is 13.1. The van der Waals surface area contributed by atoms with Gasteiger partial charge in [0.2, 0.25) is 5.92 Å². The van der Waals surface area contributed by atoms with E-state index in [9.17, 15) is 18.7 Å². The van der Waals surface area contributed by atoms with E-state index in [0.29, 0.717) is 12.8 Å². The van der Waals surface area contributed by atoms with Crippen LogP contribution in [-0.2, 0) is 4.79 Å². The zero-order valence-corrected chi connectivity index (χ0v) is 13.7. The zero-order valence-electron chi connectivity index (χ0n) is 13.7. The third-order valence-electron chi connectivity index (χ3n) is 4.11. The standard InChI is InChI=1S/C14H24F2O2.C2H6/c1-9(2)11(17)13(3,4)12(18)10-5-7-14(15,16)8-6-10;1-2/h9-10,12,18H,5-8H2,1-4H3;1-2H3. The lowest BCUT2D eigenvalue weighted by atomic mass is 9.69. The maximum Gasteiger partial charge on any atom is 0.248 e. The molecule has 1 rings (SSSR count). The summed E-state index contributed by atoms with van der Waals surface area (Å²) < 4.78 is 26.2. The molecule has 1 aliphatic rings. The van der Waals surface area contributed by atoms with Gasteiger partial charge in [-0.1, -0.05) is 41.5 Å². The quantitative estimate of drug-likeness (QED) is 0.831. The summed E-state index contributed by atoms with van der Waals surface area (Å²) in [5.74, 6) is -2.95. The first kappa shape index (κ1) is 19.5. The van der Waals surface area contributed by atoms with Crippen LogP contribution in [0.5, 0.6) is 0 Å². The molecule has 1 saturated carbocycles. The first-order valence-corrected chi connectivity index (χ1v) is 7.68. The van der Waals surface area contributed by atoms with Crippen molar-refractivity contribution < 1.29 is 18.7 Å². The molecule has 0 aromatic heterocycles. The number of aliphatic hydroxyl groups excluding tert-OH is 1. The Morgan fingerprint density at radius 1 is 1.20 bits per heavy atom. The highest BCUT2D eigenvalue weighted by Gasteiger charge is 2.44. The Kier molecular flexibility index (Phi) is 7.29. The Labute approximate surface area is 122 Å². The summed E-state index contributed by atoms with van der Waals surface area (Å²) in [5.41, 5.74) is -0.856. The zero-order chi connectivity index (χ0) is 16.1. The first-order chi connectivity index (χ1) is 9.08. The van der Waals surface area contributed by atoms with Crippen molar-refractivity contribution in [2.24, 2.45) is 17.3 Å². The van der Waals surface area contributed by atoms with Gasteiger partial charge in [0.15, 0.2) is 0 Å². The topological polar surface area (TPSA) is 37.3 Å². The predicted octanol–water partition coefficient (Wildman–Crippen LogP) is 4.45. The molecule has 1 fully saturated rings. The Morgan fingerprint density at radius 2 is 1.60 bits per heavy atom. The van der Waals surface area contributed by atoms with Gasteiger partial charge in [-0.2, -0.15) is 0 Å². The molecule has 20 heavy (non-hydrogen) atoms. The molecule has 0 bridgehead atoms. The number of rotatable bonds is 4. The van der Waals surface area contributed by atoms with Crippen molar-refractivity contribution in [1.82, 2.24) is 0 Å². The number of ketones is 1. The van der Waals surface area contributed by atoms with Crippen molar-refractivity contribution in [3.8, 4) is 0 Å². The smallest absolute Gasteiger partial charge is 0.248 e. The molecular formula is C16H30F2O2. The summed E-state index contributed by atoms with van der Waals surface area (Å²) in [6, 6.07) is 0. The second-order valence-electron chi connectivity index (χ2n) is 6.38. The molecule has 0 aliphatic heterocycles. The second kappa shape index (κ2) is 7.48. The molecule has 0 heterocycles. The van der Waals surface area contributed by atoms with Gasteiger partial charge >= 0.3 is 0 Å². The lowest BCUT2D eigenvalue weighted by Gasteiger charge is -2.39. The van der Waals surface area contributed by atoms with Gasteiger partial charge in [0.1, 0.15) is 5.78 Å². The Balaban J connectivity index is 0.00000172. The monoisotopic (exact) mass is 292 g/mol. The molecule has 1 unspecified atom stereocenters. The van der Waals surface area contributed by atoms with Crippen LogP contribution in [0, 0.1) is 17.3 Å². The van der Waals surface area contributed by atoms with Crippen LogP contribution in [-0.4, -0.2) is 22.9 Å². The largest absolute Gasteiger partial charge is 0.392 e. The second-order valence-corrected chi connectivity index (χ2v) is 6.38. The SMILES string of the molecule is CC.CC(C)C(=O)C(C)(C)C(O)C1CCC(F)(F)CC1. The minimum Gasteiger partial charge on any atom is -0.392 e. The van der Waals surface area contributed by atoms with Gasteiger partial charge in [-0.25, -0.2) is 8.78 Å². The number of aliphatic hydroxyl groups is 1. The van der Waals surface area contributed by atoms with Crippen molar-refractivity contribution in [3.05, 3.63) is 0 Å². The minimum absolute atomic E-state index is 0.00710. The van der Waals surface area contributed by atoms with Gasteiger partial charge in [0.25, 0.3) is 0 Å². The van der Waals surface area contributed by atoms with E-state index in [2.05, 4.69) is 0 Å². The fraction of sp³-hybridized carbons (Fsp3) is 0.938. The number of hydrogen-bond acceptors (Lipinski definition) is 2. The minimum atomic E-state index is -2.59. The predicted molar refractivity (Wildman–Crippen MR) is 77.9 cm³/mol. The average Bonchev–Trinajstić information content (AvgIpc) is 2.39. The molecule has 4 heteroatoms. The number of Topliss-reactive ketones (excluding diaryl/α,β-unsaturated/α-hetero) is 1. The van der Waals surface area contributed by atoms with Gasteiger partial charge in [-0.15, -0.1) is 0 Å². The fourth-order valence-electron chi connectivity index (χ4n) is 2.86. The Bertz CT molecular complexity index is 302. The maximum absolute atomic E-state index is 13.1. The van der Waals surface area contributed by atoms with Crippen LogP contribution in [0.1, 0.15) is 67.2 Å². The van der Waals surface area contributed by atoms with E-state index < -0.39 is 17.4 Å². The highest BCUT2D eigenvalue weighted by atomic mass is 19.3. The molecule has 2 nitrogen and oxygen atoms in total. The van der Waals surface area contributed by atoms with Crippen molar-refractivity contribution in [1.29, 1.82) is 0 Å². The lowest BCUT2D eigenvalue weighted by molar-refractivity contribution is -0.141. The number of alkyl halides is 2. The molecule has 0 amide bonds. The molecule has 1 atom stereocenters. The molecule has 0 spiro atoms. The molecule has 1 aliphatic carbocycles. The van der Waals surface area contributed by atoms with Gasteiger partial charge in [-0.05, 0) is 18.8 Å². The fourth-order valence-corrected chi connectivity index (χ4v) is 2.86. The summed E-state index contributed by atoms with van der Waals surface area (Å²) in [7, 11) is 0. The van der Waals surface area contributed by atoms with E-state index in [1.54, 1.807) is 27.7 Å². The van der Waals surface area contributed by atoms with E-state index in [1.165, 1.54) is 0 Å². The van der Waals surface area contributed by atoms with E-state index in [0.717, 1.165) is 0 Å². The van der Waals surface area contributed by atoms with Crippen LogP contribution in [0.4, 0.5) is 8.78 Å². The number of hydrogen-bond donors (Lipinski definition) is 1. The highest BCUT2D eigenvalue weighted by molar-refractivity contribution is 5.86. The van der Waals surface area contributed by atoms with Crippen LogP contribution >= 0.6 is 0 Å². The van der Waals surface area contributed by atoms with E-state index in [4.69, 9.17) is 0 Å². The van der Waals surface area contributed by atoms with Crippen LogP contribution in [0.3, 0.4) is 0 Å². The lowest BCUT2D eigenvalue weighted by Crippen LogP contribution is -2.45. The molecule has 120 valence electrons. The summed E-state index contributed by atoms with van der Waals surface area (Å²) >= 11 is 0. The summed E-state index contributed by atoms with van der Waals surface area (Å²) in [6.45, 7) is 11.0. The molecule has 0 aromatic carbocycles. The Morgan fingerprint density at radius 3 is 1.95 bits per heavy atom. The molecule has 0 aromatic rings. The van der Waals surface area contributed by atoms with E-state index >= 15 is 0 Å². The third-order valence-corrected chi connectivity index (χ3v) is 4.11. The molecular weight excluding hydrogens is 262 g/mol. The van der Waals surface area contributed by atoms with Crippen LogP contribution in [0.2, 0.25) is 0 Å². The highest BCUT2D eigenvalue weighted by Crippen LogP contribution is 2.41. The first-order valence-electron chi connectivity index (χ1n) is 7.68. The van der Waals surface area contributed by atoms with Crippen LogP contribution < -0.4 is 0 Å². The van der Waals surface area contributed by atoms with E-state index in [-0.39, 0.29) is 30.5 Å². The van der Waals surface area contributed by atoms with Crippen molar-refractivity contribution >= 4 is 5.78 Å². The van der Waals surface area contributed by atoms with E-state index in [1.807, 2.05) is 13.8 Å². The van der Waals surface area contributed by atoms with Gasteiger partial charge in [0.05, 0.1) is 6.10 Å². The van der Waals surface area contributed by atoms with Gasteiger partial charge in [-0.3, -0.25) is 4.79 Å². The van der Waals surface area contributed by atoms with Crippen molar-refractivity contribution in [3.63, 3.8) is 0 Å². The third kappa shape index (κ3) is 4.80. The van der Waals surface area contributed by atoms with Crippen molar-refractivity contribution in [2.45, 2.75) is 79.3 Å². The normalized spacial score (nSPS) is 21.1. The molecule has 0 saturated heterocycles. The number of carbonyl (C=O) groups excluding carboxylic acids is 1. The summed E-state index contributed by atoms with van der Waals surface area (Å²) in [5, 5.41) is 10.3. The van der Waals surface area contributed by atoms with Crippen molar-refractivity contribution in [2.75, 3.05) is 0 Å².